The van der Waals surface area contributed by atoms with E-state index in [2.05, 4.69) is 0 Å². The van der Waals surface area contributed by atoms with E-state index >= 15 is 0 Å². The van der Waals surface area contributed by atoms with Crippen LogP contribution in [0.2, 0.25) is 5.02 Å². The highest BCUT2D eigenvalue weighted by Gasteiger charge is 2.25. The standard InChI is InChI=1S/C18H13ClN2O5S/c1-2-20(10-4-6-13-14(7-10)26-9-25-13)18(22)17-16(19)12-5-3-11(21(23)24)8-15(12)27-17/h3-8H,2,9H2,1H3. The van der Waals surface area contributed by atoms with Crippen LogP contribution in [0.25, 0.3) is 10.1 Å². The minimum atomic E-state index is -0.473. The summed E-state index contributed by atoms with van der Waals surface area (Å²) in [6, 6.07) is 9.66. The number of hydrogen-bond acceptors (Lipinski definition) is 6. The summed E-state index contributed by atoms with van der Waals surface area (Å²) in [5.74, 6) is 0.941. The normalized spacial score (nSPS) is 12.4. The number of hydrogen-bond donors (Lipinski definition) is 0. The van der Waals surface area contributed by atoms with Crippen molar-refractivity contribution in [1.29, 1.82) is 0 Å². The number of carbonyl (C=O) groups is 1. The molecule has 2 heterocycles. The largest absolute Gasteiger partial charge is 0.454 e. The number of amides is 1. The molecule has 7 nitrogen and oxygen atoms in total. The Bertz CT molecular complexity index is 1080. The zero-order chi connectivity index (χ0) is 19.1. The first-order valence-electron chi connectivity index (χ1n) is 8.07. The summed E-state index contributed by atoms with van der Waals surface area (Å²) in [4.78, 5) is 25.6. The number of benzene rings is 2. The van der Waals surface area contributed by atoms with Crippen molar-refractivity contribution in [3.63, 3.8) is 0 Å². The summed E-state index contributed by atoms with van der Waals surface area (Å²) in [6.45, 7) is 2.43. The van der Waals surface area contributed by atoms with Crippen LogP contribution in [0, 0.1) is 10.1 Å². The first kappa shape index (κ1) is 17.6. The van der Waals surface area contributed by atoms with Gasteiger partial charge in [-0.2, -0.15) is 0 Å². The maximum atomic E-state index is 13.1. The second-order valence-corrected chi connectivity index (χ2v) is 7.20. The van der Waals surface area contributed by atoms with Crippen LogP contribution in [0.4, 0.5) is 11.4 Å². The van der Waals surface area contributed by atoms with Crippen LogP contribution >= 0.6 is 22.9 Å². The predicted octanol–water partition coefficient (Wildman–Crippen LogP) is 4.86. The van der Waals surface area contributed by atoms with Gasteiger partial charge in [0.2, 0.25) is 6.79 Å². The van der Waals surface area contributed by atoms with Gasteiger partial charge in [0.05, 0.1) is 9.95 Å². The molecule has 0 bridgehead atoms. The second-order valence-electron chi connectivity index (χ2n) is 5.77. The highest BCUT2D eigenvalue weighted by atomic mass is 35.5. The Kier molecular flexibility index (Phi) is 4.37. The molecule has 9 heteroatoms. The van der Waals surface area contributed by atoms with E-state index in [1.165, 1.54) is 12.1 Å². The molecule has 0 saturated heterocycles. The van der Waals surface area contributed by atoms with Crippen molar-refractivity contribution in [2.24, 2.45) is 0 Å². The minimum absolute atomic E-state index is 0.0393. The Hall–Kier alpha value is -2.84. The molecule has 0 spiro atoms. The molecule has 2 aromatic carbocycles. The average Bonchev–Trinajstić information content (AvgIpc) is 3.26. The Morgan fingerprint density at radius 2 is 2.04 bits per heavy atom. The van der Waals surface area contributed by atoms with E-state index in [9.17, 15) is 14.9 Å². The number of halogens is 1. The maximum absolute atomic E-state index is 13.1. The molecule has 0 aliphatic carbocycles. The van der Waals surface area contributed by atoms with Gasteiger partial charge in [-0.1, -0.05) is 11.6 Å². The fraction of sp³-hybridized carbons (Fsp3) is 0.167. The Labute approximate surface area is 162 Å². The summed E-state index contributed by atoms with van der Waals surface area (Å²) in [7, 11) is 0. The Morgan fingerprint density at radius 3 is 2.78 bits per heavy atom. The van der Waals surface area contributed by atoms with Crippen molar-refractivity contribution in [3.05, 3.63) is 56.4 Å². The average molecular weight is 405 g/mol. The smallest absolute Gasteiger partial charge is 0.270 e. The van der Waals surface area contributed by atoms with Crippen LogP contribution in [0.1, 0.15) is 16.6 Å². The van der Waals surface area contributed by atoms with Gasteiger partial charge >= 0.3 is 0 Å². The molecule has 0 unspecified atom stereocenters. The van der Waals surface area contributed by atoms with Crippen molar-refractivity contribution in [1.82, 2.24) is 0 Å². The number of nitro groups is 1. The van der Waals surface area contributed by atoms with Gasteiger partial charge < -0.3 is 14.4 Å². The monoisotopic (exact) mass is 404 g/mol. The second kappa shape index (κ2) is 6.71. The van der Waals surface area contributed by atoms with Gasteiger partial charge in [-0.15, -0.1) is 11.3 Å². The fourth-order valence-corrected chi connectivity index (χ4v) is 4.42. The van der Waals surface area contributed by atoms with E-state index in [1.807, 2.05) is 6.92 Å². The van der Waals surface area contributed by atoms with Gasteiger partial charge in [0.15, 0.2) is 11.5 Å². The third kappa shape index (κ3) is 2.96. The lowest BCUT2D eigenvalue weighted by Crippen LogP contribution is -2.30. The molecule has 3 aromatic rings. The van der Waals surface area contributed by atoms with Gasteiger partial charge in [-0.3, -0.25) is 14.9 Å². The van der Waals surface area contributed by atoms with Gasteiger partial charge in [0.1, 0.15) is 4.88 Å². The van der Waals surface area contributed by atoms with Crippen LogP contribution in [0.5, 0.6) is 11.5 Å². The quantitative estimate of drug-likeness (QED) is 0.458. The van der Waals surface area contributed by atoms with E-state index in [0.29, 0.717) is 43.7 Å². The lowest BCUT2D eigenvalue weighted by Gasteiger charge is -2.20. The van der Waals surface area contributed by atoms with Crippen LogP contribution in [-0.4, -0.2) is 24.2 Å². The Balaban J connectivity index is 1.74. The number of anilines is 1. The van der Waals surface area contributed by atoms with Gasteiger partial charge in [0.25, 0.3) is 11.6 Å². The molecule has 1 aliphatic heterocycles. The molecular formula is C18H13ClN2O5S. The van der Waals surface area contributed by atoms with Crippen LogP contribution in [0.3, 0.4) is 0 Å². The lowest BCUT2D eigenvalue weighted by molar-refractivity contribution is -0.384. The van der Waals surface area contributed by atoms with Crippen LogP contribution in [-0.2, 0) is 0 Å². The Morgan fingerprint density at radius 1 is 1.26 bits per heavy atom. The number of rotatable bonds is 4. The number of fused-ring (bicyclic) bond motifs is 2. The fourth-order valence-electron chi connectivity index (χ4n) is 2.92. The summed E-state index contributed by atoms with van der Waals surface area (Å²) in [6.07, 6.45) is 0. The molecule has 0 N–H and O–H groups in total. The van der Waals surface area contributed by atoms with Crippen LogP contribution < -0.4 is 14.4 Å². The first-order valence-corrected chi connectivity index (χ1v) is 9.27. The van der Waals surface area contributed by atoms with E-state index in [-0.39, 0.29) is 18.4 Å². The molecule has 138 valence electrons. The lowest BCUT2D eigenvalue weighted by atomic mass is 10.2. The maximum Gasteiger partial charge on any atom is 0.270 e. The molecular weight excluding hydrogens is 392 g/mol. The zero-order valence-electron chi connectivity index (χ0n) is 14.1. The molecule has 1 aliphatic rings. The van der Waals surface area contributed by atoms with E-state index < -0.39 is 4.92 Å². The predicted molar refractivity (Wildman–Crippen MR) is 103 cm³/mol. The van der Waals surface area contributed by atoms with E-state index in [0.717, 1.165) is 11.3 Å². The van der Waals surface area contributed by atoms with Crippen molar-refractivity contribution in [3.8, 4) is 11.5 Å². The van der Waals surface area contributed by atoms with Crippen LogP contribution in [0.15, 0.2) is 36.4 Å². The highest BCUT2D eigenvalue weighted by molar-refractivity contribution is 7.21. The highest BCUT2D eigenvalue weighted by Crippen LogP contribution is 2.40. The molecule has 0 radical (unpaired) electrons. The summed E-state index contributed by atoms with van der Waals surface area (Å²) < 4.78 is 11.3. The third-order valence-corrected chi connectivity index (χ3v) is 5.89. The number of non-ortho nitro benzene ring substituents is 1. The van der Waals surface area contributed by atoms with E-state index in [1.54, 1.807) is 29.2 Å². The molecule has 0 saturated carbocycles. The van der Waals surface area contributed by atoms with Crippen molar-refractivity contribution in [2.45, 2.75) is 6.92 Å². The number of nitro benzene ring substituents is 1. The molecule has 1 aromatic heterocycles. The summed E-state index contributed by atoms with van der Waals surface area (Å²) in [5.41, 5.74) is 0.619. The van der Waals surface area contributed by atoms with Crippen molar-refractivity contribution >= 4 is 50.3 Å². The third-order valence-electron chi connectivity index (χ3n) is 4.25. The topological polar surface area (TPSA) is 81.9 Å². The molecule has 4 rings (SSSR count). The molecule has 1 amide bonds. The van der Waals surface area contributed by atoms with Crippen molar-refractivity contribution < 1.29 is 19.2 Å². The molecule has 27 heavy (non-hydrogen) atoms. The first-order chi connectivity index (χ1) is 13.0. The summed E-state index contributed by atoms with van der Waals surface area (Å²) >= 11 is 7.56. The minimum Gasteiger partial charge on any atom is -0.454 e. The number of thiophene rings is 1. The van der Waals surface area contributed by atoms with E-state index in [4.69, 9.17) is 21.1 Å². The number of carbonyl (C=O) groups excluding carboxylic acids is 1. The molecule has 0 fully saturated rings. The number of ether oxygens (including phenoxy) is 2. The van der Waals surface area contributed by atoms with Gasteiger partial charge in [-0.05, 0) is 25.1 Å². The van der Waals surface area contributed by atoms with Gasteiger partial charge in [0, 0.05) is 40.5 Å². The summed E-state index contributed by atoms with van der Waals surface area (Å²) in [5, 5.41) is 11.9. The van der Waals surface area contributed by atoms with Gasteiger partial charge in [-0.25, -0.2) is 0 Å². The van der Waals surface area contributed by atoms with Crippen molar-refractivity contribution in [2.75, 3.05) is 18.2 Å². The zero-order valence-corrected chi connectivity index (χ0v) is 15.7. The SMILES string of the molecule is CCN(C(=O)c1sc2cc([N+](=O)[O-])ccc2c1Cl)c1ccc2c(c1)OCO2. The number of nitrogens with zero attached hydrogens (tertiary/aromatic N) is 2. The molecule has 0 atom stereocenters.